The number of nitrogens with zero attached hydrogens (tertiary/aromatic N) is 5. The van der Waals surface area contributed by atoms with Crippen LogP contribution < -0.4 is 10.6 Å². The molecule has 1 amide bonds. The van der Waals surface area contributed by atoms with E-state index in [-0.39, 0.29) is 18.0 Å². The standard InChI is InChI=1S/C20H22N8O2/c21-12-28-11-14(9-15(28)10-23-7-8-24-22)25-18(29)20-27-26-19(30-20)17-4-2-1-3-16(17)13-5-6-13/h1-4,7-8,13-15,22-23H,5-6,9-11H2,(H,25,29)/b8-7-,24-22?/t14-,15+/m1/s1. The lowest BCUT2D eigenvalue weighted by Crippen LogP contribution is -2.36. The lowest BCUT2D eigenvalue weighted by molar-refractivity contribution is 0.0904. The van der Waals surface area contributed by atoms with Gasteiger partial charge in [-0.05, 0) is 36.8 Å². The number of nitriles is 1. The second kappa shape index (κ2) is 8.73. The first kappa shape index (κ1) is 19.6. The van der Waals surface area contributed by atoms with Gasteiger partial charge < -0.3 is 20.0 Å². The highest BCUT2D eigenvalue weighted by Gasteiger charge is 2.33. The van der Waals surface area contributed by atoms with Crippen LogP contribution in [0, 0.1) is 17.0 Å². The fraction of sp³-hybridized carbons (Fsp3) is 0.400. The minimum atomic E-state index is -0.443. The molecule has 3 N–H and O–H groups in total. The molecule has 0 spiro atoms. The van der Waals surface area contributed by atoms with Gasteiger partial charge in [0.2, 0.25) is 5.89 Å². The Kier molecular flexibility index (Phi) is 5.70. The lowest BCUT2D eigenvalue weighted by Gasteiger charge is -2.17. The summed E-state index contributed by atoms with van der Waals surface area (Å²) in [5.41, 5.74) is 8.77. The van der Waals surface area contributed by atoms with Gasteiger partial charge in [0.25, 0.3) is 0 Å². The molecule has 30 heavy (non-hydrogen) atoms. The summed E-state index contributed by atoms with van der Waals surface area (Å²) in [5, 5.41) is 26.3. The first-order valence-electron chi connectivity index (χ1n) is 9.84. The predicted octanol–water partition coefficient (Wildman–Crippen LogP) is 2.36. The normalized spacial score (nSPS) is 20.8. The number of rotatable bonds is 8. The monoisotopic (exact) mass is 406 g/mol. The van der Waals surface area contributed by atoms with E-state index in [4.69, 9.17) is 9.95 Å². The maximum Gasteiger partial charge on any atom is 0.309 e. The van der Waals surface area contributed by atoms with Gasteiger partial charge in [-0.15, -0.1) is 10.2 Å². The van der Waals surface area contributed by atoms with Crippen LogP contribution in [0.5, 0.6) is 0 Å². The molecule has 2 heterocycles. The van der Waals surface area contributed by atoms with Crippen LogP contribution in [-0.4, -0.2) is 46.2 Å². The van der Waals surface area contributed by atoms with E-state index in [1.54, 1.807) is 11.1 Å². The smallest absolute Gasteiger partial charge is 0.309 e. The number of nitrogens with one attached hydrogen (secondary N) is 3. The second-order valence-electron chi connectivity index (χ2n) is 7.44. The van der Waals surface area contributed by atoms with Gasteiger partial charge in [-0.3, -0.25) is 4.79 Å². The lowest BCUT2D eigenvalue weighted by atomic mass is 10.0. The summed E-state index contributed by atoms with van der Waals surface area (Å²) in [4.78, 5) is 14.2. The molecule has 4 rings (SSSR count). The molecular formula is C20H22N8O2. The molecular weight excluding hydrogens is 384 g/mol. The summed E-state index contributed by atoms with van der Waals surface area (Å²) < 4.78 is 5.67. The van der Waals surface area contributed by atoms with E-state index in [0.717, 1.165) is 18.4 Å². The quantitative estimate of drug-likeness (QED) is 0.451. The van der Waals surface area contributed by atoms with Gasteiger partial charge in [-0.1, -0.05) is 18.2 Å². The summed E-state index contributed by atoms with van der Waals surface area (Å²) in [6.45, 7) is 0.918. The molecule has 154 valence electrons. The van der Waals surface area contributed by atoms with Crippen molar-refractivity contribution in [3.05, 3.63) is 48.1 Å². The van der Waals surface area contributed by atoms with Gasteiger partial charge in [0.15, 0.2) is 6.19 Å². The maximum atomic E-state index is 12.6. The second-order valence-corrected chi connectivity index (χ2v) is 7.44. The van der Waals surface area contributed by atoms with Crippen molar-refractivity contribution < 1.29 is 9.21 Å². The van der Waals surface area contributed by atoms with Crippen LogP contribution >= 0.6 is 0 Å². The minimum absolute atomic E-state index is 0.0700. The van der Waals surface area contributed by atoms with Crippen molar-refractivity contribution in [2.75, 3.05) is 13.1 Å². The summed E-state index contributed by atoms with van der Waals surface area (Å²) in [6, 6.07) is 7.63. The largest absolute Gasteiger partial charge is 0.412 e. The third-order valence-electron chi connectivity index (χ3n) is 5.33. The van der Waals surface area contributed by atoms with Crippen molar-refractivity contribution >= 4 is 5.91 Å². The Hall–Kier alpha value is -3.74. The van der Waals surface area contributed by atoms with Gasteiger partial charge in [-0.2, -0.15) is 10.4 Å². The molecule has 1 aliphatic carbocycles. The molecule has 2 aliphatic rings. The van der Waals surface area contributed by atoms with Crippen LogP contribution in [0.4, 0.5) is 0 Å². The molecule has 1 aromatic heterocycles. The molecule has 0 bridgehead atoms. The number of benzene rings is 1. The van der Waals surface area contributed by atoms with Gasteiger partial charge in [0, 0.05) is 30.9 Å². The Morgan fingerprint density at radius 1 is 1.40 bits per heavy atom. The van der Waals surface area contributed by atoms with Gasteiger partial charge in [-0.25, -0.2) is 5.53 Å². The third kappa shape index (κ3) is 4.30. The summed E-state index contributed by atoms with van der Waals surface area (Å²) in [7, 11) is 0. The number of hydrogen-bond acceptors (Lipinski definition) is 9. The molecule has 0 radical (unpaired) electrons. The van der Waals surface area contributed by atoms with Crippen LogP contribution in [0.1, 0.15) is 41.4 Å². The Balaban J connectivity index is 1.39. The van der Waals surface area contributed by atoms with Crippen LogP contribution in [0.15, 0.2) is 46.2 Å². The molecule has 2 fully saturated rings. The maximum absolute atomic E-state index is 12.6. The van der Waals surface area contributed by atoms with E-state index >= 15 is 0 Å². The van der Waals surface area contributed by atoms with Crippen molar-refractivity contribution in [1.82, 2.24) is 25.7 Å². The molecule has 10 nitrogen and oxygen atoms in total. The molecule has 10 heteroatoms. The highest BCUT2D eigenvalue weighted by molar-refractivity contribution is 5.90. The number of amides is 1. The Bertz CT molecular complexity index is 991. The van der Waals surface area contributed by atoms with Crippen molar-refractivity contribution in [3.8, 4) is 17.6 Å². The SMILES string of the molecule is N#CN1C[C@H](NC(=O)c2nnc(-c3ccccc3C3CC3)o2)C[C@H]1CN/C=C\N=N. The number of carbonyl (C=O) groups excluding carboxylic acids is 1. The molecule has 2 aromatic rings. The molecule has 1 saturated heterocycles. The van der Waals surface area contributed by atoms with Crippen molar-refractivity contribution in [3.63, 3.8) is 0 Å². The van der Waals surface area contributed by atoms with Crippen molar-refractivity contribution in [2.24, 2.45) is 5.11 Å². The topological polar surface area (TPSA) is 143 Å². The highest BCUT2D eigenvalue weighted by Crippen LogP contribution is 2.44. The number of carbonyl (C=O) groups is 1. The molecule has 1 saturated carbocycles. The van der Waals surface area contributed by atoms with Crippen LogP contribution in [-0.2, 0) is 0 Å². The fourth-order valence-electron chi connectivity index (χ4n) is 3.74. The first-order chi connectivity index (χ1) is 14.7. The molecule has 1 aromatic carbocycles. The van der Waals surface area contributed by atoms with E-state index in [0.29, 0.717) is 31.3 Å². The summed E-state index contributed by atoms with van der Waals surface area (Å²) >= 11 is 0. The number of aromatic nitrogens is 2. The van der Waals surface area contributed by atoms with E-state index in [2.05, 4.69) is 38.2 Å². The molecule has 2 atom stereocenters. The van der Waals surface area contributed by atoms with E-state index in [1.807, 2.05) is 18.2 Å². The minimum Gasteiger partial charge on any atom is -0.412 e. The average Bonchev–Trinajstić information content (AvgIpc) is 3.36. The zero-order valence-corrected chi connectivity index (χ0v) is 16.3. The Labute approximate surface area is 173 Å². The number of likely N-dealkylation sites (tertiary alicyclic amines) is 1. The van der Waals surface area contributed by atoms with Crippen LogP contribution in [0.3, 0.4) is 0 Å². The van der Waals surface area contributed by atoms with Gasteiger partial charge in [0.05, 0.1) is 12.2 Å². The highest BCUT2D eigenvalue weighted by atomic mass is 16.4. The molecule has 1 aliphatic heterocycles. The average molecular weight is 406 g/mol. The van der Waals surface area contributed by atoms with E-state index in [1.165, 1.54) is 11.8 Å². The Morgan fingerprint density at radius 2 is 2.23 bits per heavy atom. The van der Waals surface area contributed by atoms with Crippen LogP contribution in [0.2, 0.25) is 0 Å². The zero-order valence-electron chi connectivity index (χ0n) is 16.3. The van der Waals surface area contributed by atoms with Gasteiger partial charge >= 0.3 is 11.8 Å². The third-order valence-corrected chi connectivity index (χ3v) is 5.33. The van der Waals surface area contributed by atoms with E-state index < -0.39 is 5.91 Å². The number of hydrogen-bond donors (Lipinski definition) is 3. The Morgan fingerprint density at radius 3 is 3.00 bits per heavy atom. The van der Waals surface area contributed by atoms with Crippen molar-refractivity contribution in [2.45, 2.75) is 37.3 Å². The first-order valence-corrected chi connectivity index (χ1v) is 9.84. The van der Waals surface area contributed by atoms with Crippen molar-refractivity contribution in [1.29, 1.82) is 10.8 Å². The molecule has 0 unspecified atom stereocenters. The fourth-order valence-corrected chi connectivity index (χ4v) is 3.74. The summed E-state index contributed by atoms with van der Waals surface area (Å²) in [5.74, 6) is 0.347. The predicted molar refractivity (Wildman–Crippen MR) is 106 cm³/mol. The summed E-state index contributed by atoms with van der Waals surface area (Å²) in [6.07, 6.45) is 7.93. The van der Waals surface area contributed by atoms with E-state index in [9.17, 15) is 10.1 Å². The zero-order chi connectivity index (χ0) is 20.9. The van der Waals surface area contributed by atoms with Gasteiger partial charge in [0.1, 0.15) is 0 Å². The van der Waals surface area contributed by atoms with Crippen LogP contribution in [0.25, 0.3) is 11.5 Å².